The average molecular weight is 282 g/mol. The maximum atomic E-state index is 5.31. The van der Waals surface area contributed by atoms with Crippen LogP contribution in [0, 0.1) is 0 Å². The molecule has 3 nitrogen and oxygen atoms in total. The average Bonchev–Trinajstić information content (AvgIpc) is 2.55. The second kappa shape index (κ2) is 6.19. The van der Waals surface area contributed by atoms with Crippen molar-refractivity contribution in [3.63, 3.8) is 0 Å². The van der Waals surface area contributed by atoms with E-state index in [1.165, 1.54) is 16.8 Å². The highest BCUT2D eigenvalue weighted by molar-refractivity contribution is 5.50. The Hall–Kier alpha value is -2.00. The molecule has 0 fully saturated rings. The van der Waals surface area contributed by atoms with Gasteiger partial charge < -0.3 is 15.0 Å². The maximum Gasteiger partial charge on any atom is 0.120 e. The Labute approximate surface area is 126 Å². The molecule has 0 saturated heterocycles. The fourth-order valence-corrected chi connectivity index (χ4v) is 2.98. The Morgan fingerprint density at radius 3 is 2.90 bits per heavy atom. The number of nitrogens with zero attached hydrogens (tertiary/aromatic N) is 1. The summed E-state index contributed by atoms with van der Waals surface area (Å²) >= 11 is 0. The summed E-state index contributed by atoms with van der Waals surface area (Å²) in [5.74, 6) is 0.899. The molecule has 0 aliphatic carbocycles. The molecule has 1 aliphatic heterocycles. The molecule has 0 saturated carbocycles. The van der Waals surface area contributed by atoms with Crippen molar-refractivity contribution in [2.24, 2.45) is 0 Å². The summed E-state index contributed by atoms with van der Waals surface area (Å²) < 4.78 is 5.31. The van der Waals surface area contributed by atoms with Crippen LogP contribution in [0.2, 0.25) is 0 Å². The van der Waals surface area contributed by atoms with Gasteiger partial charge in [-0.15, -0.1) is 0 Å². The number of hydrogen-bond donors (Lipinski definition) is 1. The van der Waals surface area contributed by atoms with Gasteiger partial charge in [-0.05, 0) is 36.2 Å². The lowest BCUT2D eigenvalue weighted by atomic mass is 9.94. The third-order valence-corrected chi connectivity index (χ3v) is 4.17. The molecule has 3 heteroatoms. The van der Waals surface area contributed by atoms with E-state index in [4.69, 9.17) is 4.74 Å². The first-order chi connectivity index (χ1) is 10.3. The predicted octanol–water partition coefficient (Wildman–Crippen LogP) is 3.02. The van der Waals surface area contributed by atoms with Gasteiger partial charge in [0.1, 0.15) is 5.75 Å². The Kier molecular flexibility index (Phi) is 4.11. The van der Waals surface area contributed by atoms with Gasteiger partial charge >= 0.3 is 0 Å². The highest BCUT2D eigenvalue weighted by atomic mass is 16.5. The van der Waals surface area contributed by atoms with Crippen molar-refractivity contribution in [2.75, 3.05) is 32.1 Å². The minimum atomic E-state index is 0.381. The second-order valence-electron chi connectivity index (χ2n) is 5.54. The van der Waals surface area contributed by atoms with Crippen LogP contribution in [0.25, 0.3) is 0 Å². The monoisotopic (exact) mass is 282 g/mol. The molecule has 1 unspecified atom stereocenters. The number of benzene rings is 2. The Morgan fingerprint density at radius 2 is 2.05 bits per heavy atom. The van der Waals surface area contributed by atoms with Crippen molar-refractivity contribution in [3.8, 4) is 5.75 Å². The van der Waals surface area contributed by atoms with Gasteiger partial charge in [0.2, 0.25) is 0 Å². The molecular formula is C18H22N2O. The molecule has 110 valence electrons. The largest absolute Gasteiger partial charge is 0.497 e. The lowest BCUT2D eigenvalue weighted by molar-refractivity contribution is 0.414. The van der Waals surface area contributed by atoms with Crippen LogP contribution in [0.1, 0.15) is 17.2 Å². The van der Waals surface area contributed by atoms with Crippen LogP contribution >= 0.6 is 0 Å². The van der Waals surface area contributed by atoms with Crippen LogP contribution in [0.4, 0.5) is 5.69 Å². The van der Waals surface area contributed by atoms with Gasteiger partial charge in [0, 0.05) is 25.3 Å². The standard InChI is InChI=1S/C18H22N2O/c1-20(15-7-5-8-16(12-15)21-2)13-18-17-9-4-3-6-14(17)10-11-19-18/h3-9,12,18-19H,10-11,13H2,1-2H3. The summed E-state index contributed by atoms with van der Waals surface area (Å²) in [6.07, 6.45) is 1.12. The lowest BCUT2D eigenvalue weighted by Crippen LogP contribution is -2.37. The zero-order valence-electron chi connectivity index (χ0n) is 12.7. The molecule has 1 heterocycles. The first kappa shape index (κ1) is 14.0. The Morgan fingerprint density at radius 1 is 1.19 bits per heavy atom. The summed E-state index contributed by atoms with van der Waals surface area (Å²) in [7, 11) is 3.84. The summed E-state index contributed by atoms with van der Waals surface area (Å²) in [6, 6.07) is 17.3. The summed E-state index contributed by atoms with van der Waals surface area (Å²) in [5, 5.41) is 3.63. The lowest BCUT2D eigenvalue weighted by Gasteiger charge is -2.31. The molecule has 0 aromatic heterocycles. The smallest absolute Gasteiger partial charge is 0.120 e. The van der Waals surface area contributed by atoms with E-state index in [9.17, 15) is 0 Å². The molecule has 1 atom stereocenters. The normalized spacial score (nSPS) is 17.1. The van der Waals surface area contributed by atoms with Gasteiger partial charge in [-0.3, -0.25) is 0 Å². The molecule has 21 heavy (non-hydrogen) atoms. The highest BCUT2D eigenvalue weighted by Crippen LogP contribution is 2.26. The van der Waals surface area contributed by atoms with Crippen molar-refractivity contribution in [3.05, 3.63) is 59.7 Å². The van der Waals surface area contributed by atoms with Crippen LogP contribution in [-0.4, -0.2) is 27.2 Å². The number of anilines is 1. The van der Waals surface area contributed by atoms with Gasteiger partial charge in [0.25, 0.3) is 0 Å². The SMILES string of the molecule is COc1cccc(N(C)CC2NCCc3ccccc32)c1. The zero-order valence-corrected chi connectivity index (χ0v) is 12.7. The van der Waals surface area contributed by atoms with E-state index in [2.05, 4.69) is 53.7 Å². The number of likely N-dealkylation sites (N-methyl/N-ethyl adjacent to an activating group) is 1. The van der Waals surface area contributed by atoms with Crippen LogP contribution in [0.15, 0.2) is 48.5 Å². The summed E-state index contributed by atoms with van der Waals surface area (Å²) in [6.45, 7) is 2.00. The van der Waals surface area contributed by atoms with E-state index in [1.807, 2.05) is 12.1 Å². The fourth-order valence-electron chi connectivity index (χ4n) is 2.98. The molecule has 2 aromatic carbocycles. The topological polar surface area (TPSA) is 24.5 Å². The third-order valence-electron chi connectivity index (χ3n) is 4.17. The first-order valence-electron chi connectivity index (χ1n) is 7.44. The molecule has 0 bridgehead atoms. The number of ether oxygens (including phenoxy) is 1. The minimum absolute atomic E-state index is 0.381. The van der Waals surface area contributed by atoms with E-state index < -0.39 is 0 Å². The van der Waals surface area contributed by atoms with Crippen molar-refractivity contribution < 1.29 is 4.74 Å². The Bertz CT molecular complexity index is 612. The van der Waals surface area contributed by atoms with Crippen LogP contribution in [0.3, 0.4) is 0 Å². The molecule has 0 radical (unpaired) electrons. The van der Waals surface area contributed by atoms with E-state index in [0.29, 0.717) is 6.04 Å². The molecule has 0 amide bonds. The molecule has 2 aromatic rings. The van der Waals surface area contributed by atoms with Gasteiger partial charge in [-0.25, -0.2) is 0 Å². The number of hydrogen-bond acceptors (Lipinski definition) is 3. The number of nitrogens with one attached hydrogen (secondary N) is 1. The number of fused-ring (bicyclic) bond motifs is 1. The quantitative estimate of drug-likeness (QED) is 0.933. The van der Waals surface area contributed by atoms with E-state index >= 15 is 0 Å². The minimum Gasteiger partial charge on any atom is -0.497 e. The first-order valence-corrected chi connectivity index (χ1v) is 7.44. The zero-order chi connectivity index (χ0) is 14.7. The van der Waals surface area contributed by atoms with Gasteiger partial charge in [0.15, 0.2) is 0 Å². The molecule has 3 rings (SSSR count). The maximum absolute atomic E-state index is 5.31. The molecule has 1 N–H and O–H groups in total. The summed E-state index contributed by atoms with van der Waals surface area (Å²) in [4.78, 5) is 2.28. The third kappa shape index (κ3) is 3.03. The second-order valence-corrected chi connectivity index (χ2v) is 5.54. The van der Waals surface area contributed by atoms with Gasteiger partial charge in [-0.2, -0.15) is 0 Å². The van der Waals surface area contributed by atoms with Gasteiger partial charge in [-0.1, -0.05) is 30.3 Å². The van der Waals surface area contributed by atoms with E-state index in [0.717, 1.165) is 25.3 Å². The van der Waals surface area contributed by atoms with Crippen molar-refractivity contribution in [1.29, 1.82) is 0 Å². The van der Waals surface area contributed by atoms with Gasteiger partial charge in [0.05, 0.1) is 13.2 Å². The Balaban J connectivity index is 1.77. The molecular weight excluding hydrogens is 260 g/mol. The number of methoxy groups -OCH3 is 1. The highest BCUT2D eigenvalue weighted by Gasteiger charge is 2.20. The van der Waals surface area contributed by atoms with Crippen LogP contribution < -0.4 is 15.0 Å². The fraction of sp³-hybridized carbons (Fsp3) is 0.333. The van der Waals surface area contributed by atoms with Crippen molar-refractivity contribution >= 4 is 5.69 Å². The molecule has 1 aliphatic rings. The molecule has 0 spiro atoms. The number of rotatable bonds is 4. The predicted molar refractivity (Wildman–Crippen MR) is 87.2 cm³/mol. The summed E-state index contributed by atoms with van der Waals surface area (Å²) in [5.41, 5.74) is 4.08. The van der Waals surface area contributed by atoms with E-state index in [1.54, 1.807) is 7.11 Å². The van der Waals surface area contributed by atoms with Crippen molar-refractivity contribution in [1.82, 2.24) is 5.32 Å². The van der Waals surface area contributed by atoms with E-state index in [-0.39, 0.29) is 0 Å². The van der Waals surface area contributed by atoms with Crippen LogP contribution in [-0.2, 0) is 6.42 Å². The van der Waals surface area contributed by atoms with Crippen LogP contribution in [0.5, 0.6) is 5.75 Å². The van der Waals surface area contributed by atoms with Crippen molar-refractivity contribution in [2.45, 2.75) is 12.5 Å².